The third-order valence-corrected chi connectivity index (χ3v) is 17.1. The summed E-state index contributed by atoms with van der Waals surface area (Å²) in [5.41, 5.74) is 7.68. The predicted molar refractivity (Wildman–Crippen MR) is 277 cm³/mol. The maximum Gasteiger partial charge on any atom is 0.246 e. The highest BCUT2D eigenvalue weighted by molar-refractivity contribution is 7.13. The Morgan fingerprint density at radius 2 is 1.61 bits per heavy atom. The predicted octanol–water partition coefficient (Wildman–Crippen LogP) is 4.68. The van der Waals surface area contributed by atoms with Crippen LogP contribution < -0.4 is 30.7 Å². The second-order valence-corrected chi connectivity index (χ2v) is 22.8. The van der Waals surface area contributed by atoms with E-state index in [4.69, 9.17) is 9.97 Å². The zero-order valence-corrected chi connectivity index (χ0v) is 42.3. The minimum Gasteiger partial charge on any atom is -0.507 e. The summed E-state index contributed by atoms with van der Waals surface area (Å²) in [6.07, 6.45) is 7.02. The molecule has 3 aromatic heterocycles. The fourth-order valence-electron chi connectivity index (χ4n) is 12.0. The highest BCUT2D eigenvalue weighted by Crippen LogP contribution is 2.60. The molecule has 7 heterocycles. The number of fused-ring (bicyclic) bond motifs is 3. The van der Waals surface area contributed by atoms with E-state index >= 15 is 0 Å². The van der Waals surface area contributed by atoms with E-state index in [-0.39, 0.29) is 53.8 Å². The molecule has 5 N–H and O–H groups in total. The fraction of sp³-hybridized carbons (Fsp3) is 0.509. The number of aryl methyl sites for hydroxylation is 1. The summed E-state index contributed by atoms with van der Waals surface area (Å²) in [6.45, 7) is 14.9. The summed E-state index contributed by atoms with van der Waals surface area (Å²) in [4.78, 5) is 68.0. The van der Waals surface area contributed by atoms with Crippen LogP contribution in [-0.4, -0.2) is 152 Å². The third-order valence-electron chi connectivity index (χ3n) is 16.1. The molecule has 378 valence electrons. The number of benzene rings is 2. The summed E-state index contributed by atoms with van der Waals surface area (Å²) in [5, 5.41) is 39.6. The first kappa shape index (κ1) is 47.9. The number of aromatic nitrogens is 5. The Hall–Kier alpha value is -6.44. The second kappa shape index (κ2) is 19.2. The topological polar surface area (TPSA) is 208 Å². The number of amides is 3. The van der Waals surface area contributed by atoms with Crippen LogP contribution >= 0.6 is 11.3 Å². The van der Waals surface area contributed by atoms with Gasteiger partial charge in [0.05, 0.1) is 57.7 Å². The Labute approximate surface area is 424 Å². The van der Waals surface area contributed by atoms with E-state index in [1.807, 2.05) is 88.1 Å². The van der Waals surface area contributed by atoms with Gasteiger partial charge in [-0.05, 0) is 72.8 Å². The number of likely N-dealkylation sites (tertiary alicyclic amines) is 1. The molecule has 19 heteroatoms. The monoisotopic (exact) mass is 995 g/mol. The van der Waals surface area contributed by atoms with Crippen LogP contribution in [0.25, 0.3) is 21.7 Å². The molecular weight excluding hydrogens is 931 g/mol. The number of aromatic hydroxyl groups is 1. The van der Waals surface area contributed by atoms with Crippen molar-refractivity contribution in [3.8, 4) is 27.4 Å². The van der Waals surface area contributed by atoms with Crippen LogP contribution in [0.3, 0.4) is 0 Å². The lowest BCUT2D eigenvalue weighted by Crippen LogP contribution is -2.63. The number of nitrogens with one attached hydrogen (secondary N) is 3. The first-order chi connectivity index (χ1) is 34.7. The molecule has 0 unspecified atom stereocenters. The van der Waals surface area contributed by atoms with Crippen molar-refractivity contribution in [3.63, 3.8) is 0 Å². The van der Waals surface area contributed by atoms with E-state index in [2.05, 4.69) is 50.7 Å². The number of hydrogen-bond donors (Lipinski definition) is 5. The highest BCUT2D eigenvalue weighted by atomic mass is 32.1. The van der Waals surface area contributed by atoms with Gasteiger partial charge in [0.1, 0.15) is 17.8 Å². The Kier molecular flexibility index (Phi) is 12.8. The Balaban J connectivity index is 0.625. The number of anilines is 4. The smallest absolute Gasteiger partial charge is 0.246 e. The molecule has 4 aliphatic heterocycles. The zero-order chi connectivity index (χ0) is 49.9. The standard InChI is InChI=1S/C53H65N13O5S/c1-32-45(72-31-58-32)34-11-9-33(10-12-34)25-55-49(70)43-19-39(67)30-66(43)50(71)46(52(2,3)4)59-48(69)35-21-53(22-35)23-36(24-53)62-13-15-63(16-14-62)37-26-56-51(57-27-37)64-17-18-65-38(29-64)28-54-47-42(65)20-41(60-61-47)40-7-5-6-8-44(40)68/h5-12,20,26-27,31,35-36,38-39,43,46,67-68H,13-19,21-25,28-30H2,1-4H3,(H,54,61)(H,55,70)(H,59,69)/t35-,36-,38-,39+,43-,46+,53?/m0/s1. The Morgan fingerprint density at radius 3 is 2.32 bits per heavy atom. The van der Waals surface area contributed by atoms with Gasteiger partial charge in [-0.2, -0.15) is 0 Å². The number of phenolic OH excluding ortho intramolecular Hbond substituents is 1. The van der Waals surface area contributed by atoms with E-state index in [1.54, 1.807) is 23.5 Å². The molecule has 6 aliphatic rings. The van der Waals surface area contributed by atoms with Gasteiger partial charge in [0.2, 0.25) is 23.7 Å². The first-order valence-electron chi connectivity index (χ1n) is 25.5. The highest BCUT2D eigenvalue weighted by Gasteiger charge is 2.57. The van der Waals surface area contributed by atoms with E-state index < -0.39 is 23.6 Å². The molecule has 5 aromatic rings. The van der Waals surface area contributed by atoms with E-state index in [0.29, 0.717) is 23.8 Å². The molecule has 11 rings (SSSR count). The third kappa shape index (κ3) is 9.41. The second-order valence-electron chi connectivity index (χ2n) is 22.0. The Bertz CT molecular complexity index is 2800. The number of hydrogen-bond acceptors (Lipinski definition) is 16. The van der Waals surface area contributed by atoms with Gasteiger partial charge < -0.3 is 45.8 Å². The van der Waals surface area contributed by atoms with Crippen molar-refractivity contribution in [2.24, 2.45) is 16.7 Å². The SMILES string of the molecule is Cc1ncsc1-c1ccc(CNC(=O)[C@@H]2C[C@@H](O)CN2C(=O)[C@@H](NC(=O)[C@H]2CC3(C2)C[C@H](N2CCN(c4cnc(N5CCN6c7cc(-c8ccccc8O)nnc7NC[C@H]6C5)nc4)CC2)C3)C(C)(C)C)cc1. The molecule has 2 aliphatic carbocycles. The summed E-state index contributed by atoms with van der Waals surface area (Å²) in [7, 11) is 0. The van der Waals surface area contributed by atoms with Crippen molar-refractivity contribution in [1.82, 2.24) is 45.6 Å². The van der Waals surface area contributed by atoms with Gasteiger partial charge in [-0.3, -0.25) is 19.3 Å². The summed E-state index contributed by atoms with van der Waals surface area (Å²) >= 11 is 1.59. The van der Waals surface area contributed by atoms with E-state index in [0.717, 1.165) is 123 Å². The molecule has 1 spiro atoms. The number of aliphatic hydroxyl groups is 1. The summed E-state index contributed by atoms with van der Waals surface area (Å²) in [5.74, 6) is 0.754. The van der Waals surface area contributed by atoms with Crippen LogP contribution in [0.4, 0.5) is 23.1 Å². The molecule has 0 bridgehead atoms. The van der Waals surface area contributed by atoms with Crippen molar-refractivity contribution in [2.45, 2.75) is 96.6 Å². The zero-order valence-electron chi connectivity index (χ0n) is 41.5. The van der Waals surface area contributed by atoms with Gasteiger partial charge in [-0.15, -0.1) is 21.5 Å². The van der Waals surface area contributed by atoms with Crippen LogP contribution in [0, 0.1) is 23.7 Å². The minimum absolute atomic E-state index is 0.0424. The molecule has 2 aromatic carbocycles. The van der Waals surface area contributed by atoms with Gasteiger partial charge in [-0.25, -0.2) is 15.0 Å². The maximum atomic E-state index is 14.3. The van der Waals surface area contributed by atoms with E-state index in [1.165, 1.54) is 4.90 Å². The van der Waals surface area contributed by atoms with Crippen molar-refractivity contribution in [3.05, 3.63) is 83.8 Å². The van der Waals surface area contributed by atoms with Crippen molar-refractivity contribution in [2.75, 3.05) is 78.9 Å². The quantitative estimate of drug-likeness (QED) is 0.122. The van der Waals surface area contributed by atoms with E-state index in [9.17, 15) is 24.6 Å². The van der Waals surface area contributed by atoms with Gasteiger partial charge in [0, 0.05) is 89.4 Å². The molecule has 18 nitrogen and oxygen atoms in total. The van der Waals surface area contributed by atoms with Gasteiger partial charge in [-0.1, -0.05) is 57.2 Å². The molecule has 5 fully saturated rings. The van der Waals surface area contributed by atoms with Gasteiger partial charge in [0.15, 0.2) is 5.82 Å². The molecular formula is C53H65N13O5S. The lowest BCUT2D eigenvalue weighted by molar-refractivity contribution is -0.150. The largest absolute Gasteiger partial charge is 0.507 e. The van der Waals surface area contributed by atoms with Gasteiger partial charge in [0.25, 0.3) is 0 Å². The minimum atomic E-state index is -0.843. The molecule has 3 amide bonds. The fourth-order valence-corrected chi connectivity index (χ4v) is 12.8. The average Bonchev–Trinajstić information content (AvgIpc) is 3.98. The van der Waals surface area contributed by atoms with Crippen LogP contribution in [0.5, 0.6) is 5.75 Å². The number of para-hydroxylation sites is 1. The van der Waals surface area contributed by atoms with Crippen LogP contribution in [0.2, 0.25) is 0 Å². The number of β-amino-alcohol motifs (C(OH)–C–C–N with tert-alkyl or cyclic N) is 1. The normalized spacial score (nSPS) is 25.4. The van der Waals surface area contributed by atoms with Crippen molar-refractivity contribution >= 4 is 52.2 Å². The number of piperazine rings is 2. The summed E-state index contributed by atoms with van der Waals surface area (Å²) in [6, 6.07) is 16.2. The number of nitrogens with zero attached hydrogens (tertiary/aromatic N) is 10. The number of thiazole rings is 1. The van der Waals surface area contributed by atoms with Crippen molar-refractivity contribution in [1.29, 1.82) is 0 Å². The number of phenols is 1. The molecule has 0 radical (unpaired) electrons. The van der Waals surface area contributed by atoms with Crippen LogP contribution in [0.15, 0.2) is 72.5 Å². The van der Waals surface area contributed by atoms with Gasteiger partial charge >= 0.3 is 0 Å². The number of aliphatic hydroxyl groups excluding tert-OH is 1. The molecule has 72 heavy (non-hydrogen) atoms. The lowest BCUT2D eigenvalue weighted by atomic mass is 9.49. The lowest BCUT2D eigenvalue weighted by Gasteiger charge is -2.60. The van der Waals surface area contributed by atoms with Crippen LogP contribution in [-0.2, 0) is 20.9 Å². The van der Waals surface area contributed by atoms with Crippen LogP contribution in [0.1, 0.15) is 64.1 Å². The number of carbonyl (C=O) groups is 3. The first-order valence-corrected chi connectivity index (χ1v) is 26.4. The molecule has 4 atom stereocenters. The number of rotatable bonds is 11. The van der Waals surface area contributed by atoms with Crippen molar-refractivity contribution < 1.29 is 24.6 Å². The molecule has 2 saturated carbocycles. The number of carbonyl (C=O) groups excluding carboxylic acids is 3. The average molecular weight is 996 g/mol. The maximum absolute atomic E-state index is 14.3. The Morgan fingerprint density at radius 1 is 0.875 bits per heavy atom. The molecule has 3 saturated heterocycles. The summed E-state index contributed by atoms with van der Waals surface area (Å²) < 4.78 is 0.